The second-order valence-corrected chi connectivity index (χ2v) is 5.02. The lowest BCUT2D eigenvalue weighted by molar-refractivity contribution is -0.141. The number of alkyl halides is 3. The number of imide groups is 1. The first kappa shape index (κ1) is 16.3. The van der Waals surface area contributed by atoms with Crippen molar-refractivity contribution < 1.29 is 27.6 Å². The standard InChI is InChI=1S/C13H10ClF3N2O3/c14-9-2-1-7(5-8(9)13(15,16)17)18-10(20)6-19-11(21)3-4-12(19)22/h1-2,5H,3-4,6H2,(H,18,20). The molecule has 0 aromatic heterocycles. The maximum absolute atomic E-state index is 12.7. The number of rotatable bonds is 3. The Morgan fingerprint density at radius 3 is 2.36 bits per heavy atom. The molecule has 0 atom stereocenters. The molecule has 3 amide bonds. The Kier molecular flexibility index (Phi) is 4.41. The van der Waals surface area contributed by atoms with Crippen molar-refractivity contribution in [1.82, 2.24) is 4.90 Å². The van der Waals surface area contributed by atoms with Crippen molar-refractivity contribution in [2.24, 2.45) is 0 Å². The van der Waals surface area contributed by atoms with Gasteiger partial charge in [-0.15, -0.1) is 0 Å². The zero-order chi connectivity index (χ0) is 16.5. The molecule has 1 aromatic carbocycles. The first-order valence-electron chi connectivity index (χ1n) is 6.18. The minimum Gasteiger partial charge on any atom is -0.325 e. The normalized spacial score (nSPS) is 15.4. The highest BCUT2D eigenvalue weighted by Crippen LogP contribution is 2.36. The van der Waals surface area contributed by atoms with Crippen LogP contribution in [0.4, 0.5) is 18.9 Å². The van der Waals surface area contributed by atoms with Crippen LogP contribution in [0.2, 0.25) is 5.02 Å². The van der Waals surface area contributed by atoms with Crippen LogP contribution in [0.25, 0.3) is 0 Å². The largest absolute Gasteiger partial charge is 0.417 e. The number of carbonyl (C=O) groups is 3. The van der Waals surface area contributed by atoms with Gasteiger partial charge in [0.1, 0.15) is 6.54 Å². The summed E-state index contributed by atoms with van der Waals surface area (Å²) in [6.45, 7) is -0.526. The second-order valence-electron chi connectivity index (χ2n) is 4.61. The Morgan fingerprint density at radius 1 is 1.23 bits per heavy atom. The SMILES string of the molecule is O=C(CN1C(=O)CCC1=O)Nc1ccc(Cl)c(C(F)(F)F)c1. The third-order valence-electron chi connectivity index (χ3n) is 3.01. The molecule has 0 bridgehead atoms. The predicted octanol–water partition coefficient (Wildman–Crippen LogP) is 2.45. The number of hydrogen-bond donors (Lipinski definition) is 1. The Balaban J connectivity index is 2.09. The zero-order valence-electron chi connectivity index (χ0n) is 11.0. The molecule has 1 heterocycles. The van der Waals surface area contributed by atoms with E-state index < -0.39 is 41.0 Å². The second kappa shape index (κ2) is 5.96. The Morgan fingerprint density at radius 2 is 1.82 bits per heavy atom. The number of likely N-dealkylation sites (tertiary alicyclic amines) is 1. The van der Waals surface area contributed by atoms with Crippen LogP contribution in [0.15, 0.2) is 18.2 Å². The minimum absolute atomic E-state index is 0.0330. The fourth-order valence-electron chi connectivity index (χ4n) is 1.96. The smallest absolute Gasteiger partial charge is 0.325 e. The van der Waals surface area contributed by atoms with Gasteiger partial charge in [0.25, 0.3) is 0 Å². The van der Waals surface area contributed by atoms with Crippen LogP contribution in [0.5, 0.6) is 0 Å². The van der Waals surface area contributed by atoms with Gasteiger partial charge >= 0.3 is 6.18 Å². The number of halogens is 4. The van der Waals surface area contributed by atoms with E-state index in [0.29, 0.717) is 6.07 Å². The quantitative estimate of drug-likeness (QED) is 0.863. The van der Waals surface area contributed by atoms with Crippen molar-refractivity contribution in [3.63, 3.8) is 0 Å². The molecular weight excluding hydrogens is 325 g/mol. The van der Waals surface area contributed by atoms with E-state index in [1.807, 2.05) is 0 Å². The molecular formula is C13H10ClF3N2O3. The van der Waals surface area contributed by atoms with Crippen LogP contribution in [-0.4, -0.2) is 29.2 Å². The van der Waals surface area contributed by atoms with E-state index in [9.17, 15) is 27.6 Å². The molecule has 118 valence electrons. The fraction of sp³-hybridized carbons (Fsp3) is 0.308. The summed E-state index contributed by atoms with van der Waals surface area (Å²) in [5.41, 5.74) is -1.21. The number of nitrogens with one attached hydrogen (secondary N) is 1. The van der Waals surface area contributed by atoms with Crippen molar-refractivity contribution >= 4 is 35.0 Å². The summed E-state index contributed by atoms with van der Waals surface area (Å²) in [7, 11) is 0. The summed E-state index contributed by atoms with van der Waals surface area (Å²) in [5, 5.41) is 1.72. The maximum Gasteiger partial charge on any atom is 0.417 e. The number of anilines is 1. The lowest BCUT2D eigenvalue weighted by atomic mass is 10.2. The first-order valence-corrected chi connectivity index (χ1v) is 6.56. The first-order chi connectivity index (χ1) is 10.2. The lowest BCUT2D eigenvalue weighted by Crippen LogP contribution is -2.36. The van der Waals surface area contributed by atoms with E-state index in [0.717, 1.165) is 11.0 Å². The molecule has 1 aliphatic heterocycles. The molecule has 0 radical (unpaired) electrons. The van der Waals surface area contributed by atoms with Gasteiger partial charge in [0.15, 0.2) is 0 Å². The number of hydrogen-bond acceptors (Lipinski definition) is 3. The molecule has 0 spiro atoms. The van der Waals surface area contributed by atoms with Gasteiger partial charge in [-0.3, -0.25) is 19.3 Å². The van der Waals surface area contributed by atoms with Crippen molar-refractivity contribution in [2.45, 2.75) is 19.0 Å². The molecule has 0 aliphatic carbocycles. The lowest BCUT2D eigenvalue weighted by Gasteiger charge is -2.15. The molecule has 0 saturated carbocycles. The van der Waals surface area contributed by atoms with E-state index in [2.05, 4.69) is 5.32 Å². The van der Waals surface area contributed by atoms with Crippen LogP contribution in [-0.2, 0) is 20.6 Å². The number of benzene rings is 1. The van der Waals surface area contributed by atoms with E-state index in [1.165, 1.54) is 6.07 Å². The van der Waals surface area contributed by atoms with Gasteiger partial charge in [0, 0.05) is 18.5 Å². The van der Waals surface area contributed by atoms with Gasteiger partial charge in [0.2, 0.25) is 17.7 Å². The van der Waals surface area contributed by atoms with Gasteiger partial charge in [-0.2, -0.15) is 13.2 Å². The summed E-state index contributed by atoms with van der Waals surface area (Å²) in [6, 6.07) is 2.89. The molecule has 0 unspecified atom stereocenters. The van der Waals surface area contributed by atoms with Crippen molar-refractivity contribution in [3.8, 4) is 0 Å². The van der Waals surface area contributed by atoms with Gasteiger partial charge < -0.3 is 5.32 Å². The van der Waals surface area contributed by atoms with Crippen molar-refractivity contribution in [1.29, 1.82) is 0 Å². The maximum atomic E-state index is 12.7. The third kappa shape index (κ3) is 3.56. The van der Waals surface area contributed by atoms with Crippen molar-refractivity contribution in [3.05, 3.63) is 28.8 Å². The third-order valence-corrected chi connectivity index (χ3v) is 3.34. The average Bonchev–Trinajstić information content (AvgIpc) is 2.71. The number of nitrogens with zero attached hydrogens (tertiary/aromatic N) is 1. The van der Waals surface area contributed by atoms with Crippen LogP contribution >= 0.6 is 11.6 Å². The fourth-order valence-corrected chi connectivity index (χ4v) is 2.19. The number of amides is 3. The molecule has 5 nitrogen and oxygen atoms in total. The average molecular weight is 335 g/mol. The number of carbonyl (C=O) groups excluding carboxylic acids is 3. The molecule has 1 fully saturated rings. The summed E-state index contributed by atoms with van der Waals surface area (Å²) in [5.74, 6) is -1.72. The molecule has 1 saturated heterocycles. The molecule has 2 rings (SSSR count). The van der Waals surface area contributed by atoms with Crippen LogP contribution in [0, 0.1) is 0 Å². The van der Waals surface area contributed by atoms with Gasteiger partial charge in [-0.05, 0) is 18.2 Å². The van der Waals surface area contributed by atoms with Gasteiger partial charge in [-0.25, -0.2) is 0 Å². The minimum atomic E-state index is -4.65. The highest BCUT2D eigenvalue weighted by molar-refractivity contribution is 6.31. The van der Waals surface area contributed by atoms with Crippen LogP contribution in [0.3, 0.4) is 0 Å². The molecule has 22 heavy (non-hydrogen) atoms. The monoisotopic (exact) mass is 334 g/mol. The van der Waals surface area contributed by atoms with E-state index >= 15 is 0 Å². The highest BCUT2D eigenvalue weighted by atomic mass is 35.5. The summed E-state index contributed by atoms with van der Waals surface area (Å²) in [6.07, 6.45) is -4.59. The Bertz CT molecular complexity index is 630. The van der Waals surface area contributed by atoms with Gasteiger partial charge in [0.05, 0.1) is 10.6 Å². The zero-order valence-corrected chi connectivity index (χ0v) is 11.8. The molecule has 1 aromatic rings. The topological polar surface area (TPSA) is 66.5 Å². The molecule has 1 N–H and O–H groups in total. The van der Waals surface area contributed by atoms with E-state index in [-0.39, 0.29) is 18.5 Å². The Hall–Kier alpha value is -2.09. The van der Waals surface area contributed by atoms with E-state index in [1.54, 1.807) is 0 Å². The van der Waals surface area contributed by atoms with E-state index in [4.69, 9.17) is 11.6 Å². The van der Waals surface area contributed by atoms with Crippen LogP contribution < -0.4 is 5.32 Å². The predicted molar refractivity (Wildman–Crippen MR) is 71.0 cm³/mol. The summed E-state index contributed by atoms with van der Waals surface area (Å²) in [4.78, 5) is 35.2. The van der Waals surface area contributed by atoms with Crippen molar-refractivity contribution in [2.75, 3.05) is 11.9 Å². The highest BCUT2D eigenvalue weighted by Gasteiger charge is 2.34. The van der Waals surface area contributed by atoms with Crippen LogP contribution in [0.1, 0.15) is 18.4 Å². The molecule has 1 aliphatic rings. The summed E-state index contributed by atoms with van der Waals surface area (Å²) >= 11 is 5.46. The summed E-state index contributed by atoms with van der Waals surface area (Å²) < 4.78 is 38.1. The van der Waals surface area contributed by atoms with Gasteiger partial charge in [-0.1, -0.05) is 11.6 Å². The Labute approximate surface area is 128 Å². The molecule has 9 heteroatoms.